The van der Waals surface area contributed by atoms with Crippen LogP contribution >= 0.6 is 0 Å². The van der Waals surface area contributed by atoms with E-state index < -0.39 is 5.56 Å². The molecule has 0 atom stereocenters. The van der Waals surface area contributed by atoms with Gasteiger partial charge in [-0.2, -0.15) is 5.26 Å². The Kier molecular flexibility index (Phi) is 4.95. The molecule has 0 spiro atoms. The molecule has 136 valence electrons. The molecule has 0 unspecified atom stereocenters. The molecule has 6 heteroatoms. The number of benzene rings is 1. The van der Waals surface area contributed by atoms with Crippen LogP contribution in [0.1, 0.15) is 33.6 Å². The van der Waals surface area contributed by atoms with Crippen molar-refractivity contribution in [3.63, 3.8) is 0 Å². The van der Waals surface area contributed by atoms with Gasteiger partial charge in [-0.05, 0) is 49.6 Å². The molecule has 0 bridgehead atoms. The Morgan fingerprint density at radius 1 is 1.22 bits per heavy atom. The maximum Gasteiger partial charge on any atom is 0.271 e. The zero-order chi connectivity index (χ0) is 19.6. The zero-order valence-corrected chi connectivity index (χ0v) is 15.4. The number of furan rings is 1. The van der Waals surface area contributed by atoms with E-state index in [4.69, 9.17) is 4.42 Å². The molecule has 0 saturated heterocycles. The second-order valence-corrected chi connectivity index (χ2v) is 6.32. The molecule has 0 amide bonds. The fraction of sp³-hybridized carbons (Fsp3) is 0.190. The lowest BCUT2D eigenvalue weighted by atomic mass is 10.1. The molecule has 1 aromatic carbocycles. The molecule has 0 aliphatic heterocycles. The first kappa shape index (κ1) is 18.2. The van der Waals surface area contributed by atoms with Crippen LogP contribution in [0.4, 0.5) is 5.69 Å². The van der Waals surface area contributed by atoms with Crippen LogP contribution in [-0.4, -0.2) is 15.9 Å². The summed E-state index contributed by atoms with van der Waals surface area (Å²) in [6, 6.07) is 11.2. The van der Waals surface area contributed by atoms with Gasteiger partial charge in [0.2, 0.25) is 5.88 Å². The molecule has 0 aliphatic rings. The predicted octanol–water partition coefficient (Wildman–Crippen LogP) is 3.74. The van der Waals surface area contributed by atoms with Crippen molar-refractivity contribution in [1.82, 2.24) is 4.57 Å². The summed E-state index contributed by atoms with van der Waals surface area (Å²) < 4.78 is 6.39. The van der Waals surface area contributed by atoms with Crippen LogP contribution < -0.4 is 5.56 Å². The highest BCUT2D eigenvalue weighted by Crippen LogP contribution is 2.25. The molecule has 0 radical (unpaired) electrons. The third kappa shape index (κ3) is 3.40. The molecule has 6 nitrogen and oxygen atoms in total. The highest BCUT2D eigenvalue weighted by Gasteiger charge is 2.19. The van der Waals surface area contributed by atoms with E-state index in [-0.39, 0.29) is 18.0 Å². The van der Waals surface area contributed by atoms with Crippen molar-refractivity contribution in [2.45, 2.75) is 27.3 Å². The number of aromatic hydroxyl groups is 1. The standard InChI is InChI=1S/C21H19N3O3/c1-13-6-4-7-14(2)19(13)23-11-18-15(3)17(10-22)20(25)24(21(18)26)12-16-8-5-9-27-16/h4-9,11,26H,12H2,1-3H3. The number of aliphatic imine (C=N–C) groups is 1. The van der Waals surface area contributed by atoms with Gasteiger partial charge in [0, 0.05) is 6.21 Å². The van der Waals surface area contributed by atoms with Crippen molar-refractivity contribution in [2.24, 2.45) is 4.99 Å². The topological polar surface area (TPSA) is 91.5 Å². The molecule has 3 aromatic rings. The summed E-state index contributed by atoms with van der Waals surface area (Å²) >= 11 is 0. The minimum atomic E-state index is -0.562. The molecule has 2 heterocycles. The fourth-order valence-corrected chi connectivity index (χ4v) is 2.97. The second kappa shape index (κ2) is 7.34. The second-order valence-electron chi connectivity index (χ2n) is 6.32. The van der Waals surface area contributed by atoms with E-state index in [1.165, 1.54) is 12.5 Å². The number of hydrogen-bond acceptors (Lipinski definition) is 5. The summed E-state index contributed by atoms with van der Waals surface area (Å²) in [6.07, 6.45) is 2.99. The minimum absolute atomic E-state index is 0.0247. The Labute approximate surface area is 156 Å². The molecule has 2 aromatic heterocycles. The van der Waals surface area contributed by atoms with Crippen molar-refractivity contribution < 1.29 is 9.52 Å². The van der Waals surface area contributed by atoms with Crippen LogP contribution in [0.2, 0.25) is 0 Å². The van der Waals surface area contributed by atoms with Crippen LogP contribution in [0.3, 0.4) is 0 Å². The highest BCUT2D eigenvalue weighted by molar-refractivity contribution is 5.88. The van der Waals surface area contributed by atoms with Gasteiger partial charge in [0.25, 0.3) is 5.56 Å². The van der Waals surface area contributed by atoms with Crippen LogP contribution in [-0.2, 0) is 6.54 Å². The van der Waals surface area contributed by atoms with E-state index >= 15 is 0 Å². The molecule has 1 N–H and O–H groups in total. The van der Waals surface area contributed by atoms with Gasteiger partial charge in [0.05, 0.1) is 24.1 Å². The molecule has 27 heavy (non-hydrogen) atoms. The Hall–Kier alpha value is -3.59. The largest absolute Gasteiger partial charge is 0.494 e. The van der Waals surface area contributed by atoms with Crippen molar-refractivity contribution in [3.05, 3.63) is 80.5 Å². The van der Waals surface area contributed by atoms with Gasteiger partial charge in [0.15, 0.2) is 0 Å². The molecular formula is C21H19N3O3. The van der Waals surface area contributed by atoms with Crippen LogP contribution in [0.25, 0.3) is 0 Å². The van der Waals surface area contributed by atoms with E-state index in [0.29, 0.717) is 16.9 Å². The third-order valence-corrected chi connectivity index (χ3v) is 4.50. The number of hydrogen-bond donors (Lipinski definition) is 1. The predicted molar refractivity (Wildman–Crippen MR) is 103 cm³/mol. The number of aryl methyl sites for hydroxylation is 2. The fourth-order valence-electron chi connectivity index (χ4n) is 2.97. The van der Waals surface area contributed by atoms with Crippen molar-refractivity contribution in [2.75, 3.05) is 0 Å². The van der Waals surface area contributed by atoms with Gasteiger partial charge in [-0.25, -0.2) is 0 Å². The minimum Gasteiger partial charge on any atom is -0.494 e. The summed E-state index contributed by atoms with van der Waals surface area (Å²) in [5, 5.41) is 20.1. The Morgan fingerprint density at radius 2 is 1.93 bits per heavy atom. The average molecular weight is 361 g/mol. The summed E-state index contributed by atoms with van der Waals surface area (Å²) in [4.78, 5) is 17.1. The average Bonchev–Trinajstić information content (AvgIpc) is 3.14. The number of pyridine rings is 1. The van der Waals surface area contributed by atoms with E-state index in [2.05, 4.69) is 4.99 Å². The Balaban J connectivity index is 2.16. The van der Waals surface area contributed by atoms with Crippen molar-refractivity contribution in [3.8, 4) is 11.9 Å². The van der Waals surface area contributed by atoms with E-state index in [0.717, 1.165) is 21.4 Å². The zero-order valence-electron chi connectivity index (χ0n) is 15.4. The van der Waals surface area contributed by atoms with Crippen molar-refractivity contribution >= 4 is 11.9 Å². The SMILES string of the molecule is Cc1cccc(C)c1N=Cc1c(C)c(C#N)c(=O)n(Cc2ccco2)c1O. The number of nitriles is 1. The van der Waals surface area contributed by atoms with Crippen molar-refractivity contribution in [1.29, 1.82) is 5.26 Å². The first-order chi connectivity index (χ1) is 12.9. The van der Waals surface area contributed by atoms with Crippen LogP contribution in [0, 0.1) is 32.1 Å². The third-order valence-electron chi connectivity index (χ3n) is 4.50. The van der Waals surface area contributed by atoms with Gasteiger partial charge in [0.1, 0.15) is 17.4 Å². The molecule has 0 fully saturated rings. The van der Waals surface area contributed by atoms with E-state index in [1.807, 2.05) is 38.1 Å². The van der Waals surface area contributed by atoms with Crippen LogP contribution in [0.15, 0.2) is 50.8 Å². The summed E-state index contributed by atoms with van der Waals surface area (Å²) in [6.45, 7) is 5.55. The normalized spacial score (nSPS) is 11.0. The summed E-state index contributed by atoms with van der Waals surface area (Å²) in [5.41, 5.74) is 2.92. The molecule has 3 rings (SSSR count). The summed E-state index contributed by atoms with van der Waals surface area (Å²) in [5.74, 6) is 0.251. The number of aromatic nitrogens is 1. The maximum absolute atomic E-state index is 12.6. The van der Waals surface area contributed by atoms with Gasteiger partial charge >= 0.3 is 0 Å². The quantitative estimate of drug-likeness (QED) is 0.717. The number of rotatable bonds is 4. The first-order valence-electron chi connectivity index (χ1n) is 8.43. The monoisotopic (exact) mass is 361 g/mol. The summed E-state index contributed by atoms with van der Waals surface area (Å²) in [7, 11) is 0. The molecule has 0 saturated carbocycles. The van der Waals surface area contributed by atoms with Gasteiger partial charge < -0.3 is 9.52 Å². The smallest absolute Gasteiger partial charge is 0.271 e. The lowest BCUT2D eigenvalue weighted by molar-refractivity contribution is 0.397. The molecule has 0 aliphatic carbocycles. The van der Waals surface area contributed by atoms with Gasteiger partial charge in [-0.3, -0.25) is 14.4 Å². The number of para-hydroxylation sites is 1. The van der Waals surface area contributed by atoms with E-state index in [1.54, 1.807) is 19.1 Å². The Bertz CT molecular complexity index is 1100. The highest BCUT2D eigenvalue weighted by atomic mass is 16.3. The number of nitrogens with zero attached hydrogens (tertiary/aromatic N) is 3. The van der Waals surface area contributed by atoms with Gasteiger partial charge in [-0.15, -0.1) is 0 Å². The Morgan fingerprint density at radius 3 is 2.52 bits per heavy atom. The van der Waals surface area contributed by atoms with Crippen LogP contribution in [0.5, 0.6) is 5.88 Å². The van der Waals surface area contributed by atoms with Gasteiger partial charge in [-0.1, -0.05) is 18.2 Å². The molecular weight excluding hydrogens is 342 g/mol. The maximum atomic E-state index is 12.6. The lowest BCUT2D eigenvalue weighted by Crippen LogP contribution is -2.25. The van der Waals surface area contributed by atoms with E-state index in [9.17, 15) is 15.2 Å². The lowest BCUT2D eigenvalue weighted by Gasteiger charge is -2.13. The first-order valence-corrected chi connectivity index (χ1v) is 8.43.